The van der Waals surface area contributed by atoms with Crippen LogP contribution in [0.15, 0.2) is 18.2 Å². The second-order valence-electron chi connectivity index (χ2n) is 4.58. The number of thioether (sulfide) groups is 1. The summed E-state index contributed by atoms with van der Waals surface area (Å²) in [5, 5.41) is 4.27. The maximum atomic E-state index is 6.41. The van der Waals surface area contributed by atoms with Gasteiger partial charge in [-0.3, -0.25) is 0 Å². The normalized spacial score (nSPS) is 17.8. The molecule has 1 fully saturated rings. The zero-order valence-electron chi connectivity index (χ0n) is 11.1. The fourth-order valence-corrected chi connectivity index (χ4v) is 3.54. The highest BCUT2D eigenvalue weighted by Gasteiger charge is 2.14. The lowest BCUT2D eigenvalue weighted by molar-refractivity contribution is 0.598. The molecule has 1 aromatic rings. The predicted molar refractivity (Wildman–Crippen MR) is 83.1 cm³/mol. The molecule has 0 radical (unpaired) electrons. The van der Waals surface area contributed by atoms with Gasteiger partial charge < -0.3 is 10.2 Å². The number of anilines is 1. The van der Waals surface area contributed by atoms with Crippen LogP contribution in [0.3, 0.4) is 0 Å². The van der Waals surface area contributed by atoms with Crippen LogP contribution < -0.4 is 10.2 Å². The Kier molecular flexibility index (Phi) is 5.22. The number of hydrogen-bond acceptors (Lipinski definition) is 3. The number of halogens is 1. The average molecular weight is 285 g/mol. The second-order valence-corrected chi connectivity index (χ2v) is 6.22. The third-order valence-electron chi connectivity index (χ3n) is 3.34. The minimum atomic E-state index is 0.313. The van der Waals surface area contributed by atoms with Crippen molar-refractivity contribution in [2.45, 2.75) is 19.9 Å². The number of rotatable bonds is 4. The third kappa shape index (κ3) is 3.34. The van der Waals surface area contributed by atoms with Crippen LogP contribution >= 0.6 is 23.4 Å². The molecule has 2 rings (SSSR count). The first kappa shape index (κ1) is 14.0. The molecule has 1 N–H and O–H groups in total. The zero-order chi connectivity index (χ0) is 13.0. The summed E-state index contributed by atoms with van der Waals surface area (Å²) in [6, 6.07) is 6.78. The lowest BCUT2D eigenvalue weighted by Gasteiger charge is -2.29. The van der Waals surface area contributed by atoms with Gasteiger partial charge in [0.15, 0.2) is 0 Å². The Bertz CT molecular complexity index is 391. The first-order valence-electron chi connectivity index (χ1n) is 6.58. The Morgan fingerprint density at radius 2 is 2.11 bits per heavy atom. The average Bonchev–Trinajstić information content (AvgIpc) is 2.40. The molecule has 0 amide bonds. The first-order chi connectivity index (χ1) is 8.72. The van der Waals surface area contributed by atoms with Crippen molar-refractivity contribution >= 4 is 29.1 Å². The van der Waals surface area contributed by atoms with E-state index in [1.54, 1.807) is 0 Å². The van der Waals surface area contributed by atoms with Crippen LogP contribution in [-0.2, 0) is 0 Å². The van der Waals surface area contributed by atoms with Gasteiger partial charge in [0.1, 0.15) is 0 Å². The number of benzene rings is 1. The van der Waals surface area contributed by atoms with Gasteiger partial charge in [-0.1, -0.05) is 24.6 Å². The molecule has 1 aromatic carbocycles. The fraction of sp³-hybridized carbons (Fsp3) is 0.571. The zero-order valence-corrected chi connectivity index (χ0v) is 12.7. The Morgan fingerprint density at radius 3 is 2.72 bits per heavy atom. The summed E-state index contributed by atoms with van der Waals surface area (Å²) in [7, 11) is 0. The molecule has 1 aliphatic heterocycles. The molecule has 0 aromatic heterocycles. The van der Waals surface area contributed by atoms with E-state index in [0.717, 1.165) is 24.7 Å². The van der Waals surface area contributed by atoms with Crippen LogP contribution in [0.5, 0.6) is 0 Å². The molecule has 1 heterocycles. The molecule has 0 spiro atoms. The van der Waals surface area contributed by atoms with Gasteiger partial charge in [0.05, 0.1) is 0 Å². The smallest absolute Gasteiger partial charge is 0.0474 e. The summed E-state index contributed by atoms with van der Waals surface area (Å²) in [6.07, 6.45) is 0. The van der Waals surface area contributed by atoms with Crippen LogP contribution in [0.25, 0.3) is 0 Å². The SMILES string of the molecule is CCNC(C)c1ccc(N2CCSCC2)cc1Cl. The second kappa shape index (κ2) is 6.69. The summed E-state index contributed by atoms with van der Waals surface area (Å²) < 4.78 is 0. The van der Waals surface area contributed by atoms with E-state index in [-0.39, 0.29) is 0 Å². The number of nitrogens with one attached hydrogen (secondary N) is 1. The van der Waals surface area contributed by atoms with Crippen LogP contribution in [0.2, 0.25) is 5.02 Å². The Morgan fingerprint density at radius 1 is 1.39 bits per heavy atom. The van der Waals surface area contributed by atoms with Crippen molar-refractivity contribution in [1.82, 2.24) is 5.32 Å². The molecule has 1 saturated heterocycles. The molecule has 0 bridgehead atoms. The van der Waals surface area contributed by atoms with E-state index in [1.807, 2.05) is 11.8 Å². The maximum Gasteiger partial charge on any atom is 0.0474 e. The van der Waals surface area contributed by atoms with E-state index in [0.29, 0.717) is 6.04 Å². The molecule has 0 aliphatic carbocycles. The van der Waals surface area contributed by atoms with Crippen molar-refractivity contribution < 1.29 is 0 Å². The molecule has 1 unspecified atom stereocenters. The van der Waals surface area contributed by atoms with Crippen molar-refractivity contribution in [2.24, 2.45) is 0 Å². The Labute approximate surface area is 119 Å². The summed E-state index contributed by atoms with van der Waals surface area (Å²) >= 11 is 8.43. The highest BCUT2D eigenvalue weighted by Crippen LogP contribution is 2.29. The van der Waals surface area contributed by atoms with Gasteiger partial charge >= 0.3 is 0 Å². The molecule has 4 heteroatoms. The van der Waals surface area contributed by atoms with Gasteiger partial charge in [-0.15, -0.1) is 0 Å². The van der Waals surface area contributed by atoms with Crippen molar-refractivity contribution in [3.8, 4) is 0 Å². The molecule has 2 nitrogen and oxygen atoms in total. The number of hydrogen-bond donors (Lipinski definition) is 1. The molecular formula is C14H21ClN2S. The largest absolute Gasteiger partial charge is 0.370 e. The van der Waals surface area contributed by atoms with Crippen LogP contribution in [-0.4, -0.2) is 31.1 Å². The quantitative estimate of drug-likeness (QED) is 0.910. The molecule has 100 valence electrons. The standard InChI is InChI=1S/C14H21ClN2S/c1-3-16-11(2)13-5-4-12(10-14(13)15)17-6-8-18-9-7-17/h4-5,10-11,16H,3,6-9H2,1-2H3. The fourth-order valence-electron chi connectivity index (χ4n) is 2.30. The van der Waals surface area contributed by atoms with Gasteiger partial charge in [-0.25, -0.2) is 0 Å². The molecule has 18 heavy (non-hydrogen) atoms. The third-order valence-corrected chi connectivity index (χ3v) is 4.61. The first-order valence-corrected chi connectivity index (χ1v) is 8.11. The summed E-state index contributed by atoms with van der Waals surface area (Å²) in [5.41, 5.74) is 2.45. The number of nitrogens with zero attached hydrogens (tertiary/aromatic N) is 1. The summed E-state index contributed by atoms with van der Waals surface area (Å²) in [6.45, 7) is 7.49. The van der Waals surface area contributed by atoms with Crippen LogP contribution in [0.1, 0.15) is 25.5 Å². The van der Waals surface area contributed by atoms with Gasteiger partial charge in [-0.05, 0) is 31.2 Å². The molecule has 1 aliphatic rings. The van der Waals surface area contributed by atoms with Gasteiger partial charge in [-0.2, -0.15) is 11.8 Å². The highest BCUT2D eigenvalue weighted by atomic mass is 35.5. The van der Waals surface area contributed by atoms with E-state index in [1.165, 1.54) is 22.8 Å². The van der Waals surface area contributed by atoms with E-state index < -0.39 is 0 Å². The van der Waals surface area contributed by atoms with Gasteiger partial charge in [0.2, 0.25) is 0 Å². The molecular weight excluding hydrogens is 264 g/mol. The summed E-state index contributed by atoms with van der Waals surface area (Å²) in [5.74, 6) is 2.43. The minimum absolute atomic E-state index is 0.313. The lowest BCUT2D eigenvalue weighted by atomic mass is 10.1. The predicted octanol–water partition coefficient (Wildman–Crippen LogP) is 3.56. The van der Waals surface area contributed by atoms with Crippen LogP contribution in [0, 0.1) is 0 Å². The molecule has 0 saturated carbocycles. The van der Waals surface area contributed by atoms with E-state index >= 15 is 0 Å². The van der Waals surface area contributed by atoms with E-state index in [9.17, 15) is 0 Å². The lowest BCUT2D eigenvalue weighted by Crippen LogP contribution is -2.32. The van der Waals surface area contributed by atoms with Gasteiger partial charge in [0.25, 0.3) is 0 Å². The monoisotopic (exact) mass is 284 g/mol. The van der Waals surface area contributed by atoms with Crippen molar-refractivity contribution in [3.63, 3.8) is 0 Å². The van der Waals surface area contributed by atoms with Crippen molar-refractivity contribution in [3.05, 3.63) is 28.8 Å². The maximum absolute atomic E-state index is 6.41. The Balaban J connectivity index is 2.13. The summed E-state index contributed by atoms with van der Waals surface area (Å²) in [4.78, 5) is 2.42. The highest BCUT2D eigenvalue weighted by molar-refractivity contribution is 7.99. The Hall–Kier alpha value is -0.380. The van der Waals surface area contributed by atoms with Crippen molar-refractivity contribution in [2.75, 3.05) is 36.0 Å². The van der Waals surface area contributed by atoms with Gasteiger partial charge in [0, 0.05) is 41.3 Å². The molecule has 1 atom stereocenters. The van der Waals surface area contributed by atoms with E-state index in [2.05, 4.69) is 42.3 Å². The van der Waals surface area contributed by atoms with E-state index in [4.69, 9.17) is 11.6 Å². The van der Waals surface area contributed by atoms with Crippen LogP contribution in [0.4, 0.5) is 5.69 Å². The van der Waals surface area contributed by atoms with Crippen molar-refractivity contribution in [1.29, 1.82) is 0 Å². The topological polar surface area (TPSA) is 15.3 Å². The minimum Gasteiger partial charge on any atom is -0.370 e.